The van der Waals surface area contributed by atoms with Gasteiger partial charge in [-0.15, -0.1) is 11.8 Å². The number of nitrogens with one attached hydrogen (secondary N) is 2. The smallest absolute Gasteiger partial charge is 0.234 e. The maximum absolute atomic E-state index is 11.8. The van der Waals surface area contributed by atoms with Gasteiger partial charge in [-0.3, -0.25) is 4.79 Å². The third-order valence-corrected chi connectivity index (χ3v) is 4.96. The second-order valence-electron chi connectivity index (χ2n) is 4.32. The lowest BCUT2D eigenvalue weighted by molar-refractivity contribution is -0.113. The van der Waals surface area contributed by atoms with Gasteiger partial charge in [0.05, 0.1) is 5.75 Å². The summed E-state index contributed by atoms with van der Waals surface area (Å²) in [5, 5.41) is 6.90. The molecule has 0 radical (unpaired) electrons. The predicted octanol–water partition coefficient (Wildman–Crippen LogP) is 2.71. The second kappa shape index (κ2) is 7.35. The van der Waals surface area contributed by atoms with Crippen LogP contribution >= 0.6 is 34.4 Å². The molecule has 0 spiro atoms. The van der Waals surface area contributed by atoms with E-state index in [2.05, 4.69) is 33.2 Å². The number of anilines is 1. The second-order valence-corrected chi connectivity index (χ2v) is 6.85. The van der Waals surface area contributed by atoms with Crippen LogP contribution in [0.2, 0.25) is 0 Å². The van der Waals surface area contributed by atoms with Crippen molar-refractivity contribution in [2.45, 2.75) is 18.1 Å². The first kappa shape index (κ1) is 14.1. The quantitative estimate of drug-likeness (QED) is 0.795. The first-order valence-corrected chi connectivity index (χ1v) is 8.24. The topological polar surface area (TPSA) is 41.1 Å². The van der Waals surface area contributed by atoms with E-state index in [0.717, 1.165) is 18.8 Å². The Balaban J connectivity index is 1.73. The van der Waals surface area contributed by atoms with Crippen LogP contribution in [0, 0.1) is 3.57 Å². The van der Waals surface area contributed by atoms with Crippen molar-refractivity contribution >= 4 is 45.9 Å². The summed E-state index contributed by atoms with van der Waals surface area (Å²) in [7, 11) is 0. The molecular weight excluding hydrogens is 359 g/mol. The van der Waals surface area contributed by atoms with Gasteiger partial charge in [0, 0.05) is 14.5 Å². The van der Waals surface area contributed by atoms with Gasteiger partial charge < -0.3 is 10.6 Å². The Labute approximate surface area is 126 Å². The minimum atomic E-state index is 0.0970. The fraction of sp³-hybridized carbons (Fsp3) is 0.462. The molecule has 98 valence electrons. The molecule has 1 aromatic carbocycles. The van der Waals surface area contributed by atoms with Crippen molar-refractivity contribution in [3.05, 3.63) is 27.8 Å². The van der Waals surface area contributed by atoms with Gasteiger partial charge in [0.1, 0.15) is 0 Å². The highest BCUT2D eigenvalue weighted by Gasteiger charge is 2.14. The fourth-order valence-corrected chi connectivity index (χ4v) is 3.27. The van der Waals surface area contributed by atoms with E-state index in [0.29, 0.717) is 11.0 Å². The Kier molecular flexibility index (Phi) is 5.78. The Hall–Kier alpha value is -0.270. The van der Waals surface area contributed by atoms with Gasteiger partial charge in [0.25, 0.3) is 0 Å². The third-order valence-electron chi connectivity index (χ3n) is 2.86. The average Bonchev–Trinajstić information content (AvgIpc) is 2.40. The Bertz CT molecular complexity index is 390. The van der Waals surface area contributed by atoms with Crippen LogP contribution in [0.15, 0.2) is 24.3 Å². The number of carbonyl (C=O) groups excluding carboxylic acids is 1. The number of benzene rings is 1. The minimum absolute atomic E-state index is 0.0970. The van der Waals surface area contributed by atoms with Crippen LogP contribution in [0.5, 0.6) is 0 Å². The van der Waals surface area contributed by atoms with Crippen molar-refractivity contribution in [3.8, 4) is 0 Å². The van der Waals surface area contributed by atoms with E-state index < -0.39 is 0 Å². The molecule has 1 aromatic rings. The summed E-state index contributed by atoms with van der Waals surface area (Å²) in [4.78, 5) is 11.8. The highest BCUT2D eigenvalue weighted by atomic mass is 127. The van der Waals surface area contributed by atoms with E-state index >= 15 is 0 Å². The molecule has 0 saturated carbocycles. The lowest BCUT2D eigenvalue weighted by atomic mass is 10.2. The fourth-order valence-electron chi connectivity index (χ4n) is 1.89. The molecule has 0 aromatic heterocycles. The normalized spacial score (nSPS) is 16.5. The molecule has 0 aliphatic carbocycles. The van der Waals surface area contributed by atoms with Crippen molar-refractivity contribution in [1.82, 2.24) is 5.32 Å². The zero-order valence-electron chi connectivity index (χ0n) is 10.1. The van der Waals surface area contributed by atoms with Gasteiger partial charge in [-0.1, -0.05) is 0 Å². The maximum Gasteiger partial charge on any atom is 0.234 e. The molecule has 2 N–H and O–H groups in total. The number of rotatable bonds is 4. The SMILES string of the molecule is O=C(CSC1CCNCC1)Nc1ccc(I)cc1. The number of hydrogen-bond donors (Lipinski definition) is 2. The average molecular weight is 376 g/mol. The standard InChI is InChI=1S/C13H17IN2OS/c14-10-1-3-11(4-2-10)16-13(17)9-18-12-5-7-15-8-6-12/h1-4,12,15H,5-9H2,(H,16,17). The van der Waals surface area contributed by atoms with Gasteiger partial charge in [-0.25, -0.2) is 0 Å². The summed E-state index contributed by atoms with van der Waals surface area (Å²) in [5.74, 6) is 0.649. The molecule has 1 saturated heterocycles. The van der Waals surface area contributed by atoms with E-state index in [1.54, 1.807) is 11.8 Å². The number of piperidine rings is 1. The molecule has 1 amide bonds. The lowest BCUT2D eigenvalue weighted by Gasteiger charge is -2.21. The number of amides is 1. The molecule has 1 heterocycles. The largest absolute Gasteiger partial charge is 0.325 e. The van der Waals surface area contributed by atoms with Crippen LogP contribution in [-0.4, -0.2) is 30.0 Å². The number of halogens is 1. The summed E-state index contributed by atoms with van der Waals surface area (Å²) < 4.78 is 1.18. The number of hydrogen-bond acceptors (Lipinski definition) is 3. The van der Waals surface area contributed by atoms with Crippen LogP contribution < -0.4 is 10.6 Å². The van der Waals surface area contributed by atoms with E-state index in [4.69, 9.17) is 0 Å². The molecule has 1 aliphatic rings. The lowest BCUT2D eigenvalue weighted by Crippen LogP contribution is -2.30. The van der Waals surface area contributed by atoms with Crippen LogP contribution in [0.25, 0.3) is 0 Å². The first-order valence-electron chi connectivity index (χ1n) is 6.12. The Morgan fingerprint density at radius 3 is 2.67 bits per heavy atom. The van der Waals surface area contributed by atoms with Crippen molar-refractivity contribution < 1.29 is 4.79 Å². The molecular formula is C13H17IN2OS. The summed E-state index contributed by atoms with van der Waals surface area (Å²) in [6, 6.07) is 7.87. The van der Waals surface area contributed by atoms with Crippen LogP contribution in [0.4, 0.5) is 5.69 Å². The molecule has 5 heteroatoms. The number of carbonyl (C=O) groups is 1. The molecule has 0 atom stereocenters. The molecule has 2 rings (SSSR count). The van der Waals surface area contributed by atoms with E-state index in [1.165, 1.54) is 16.4 Å². The zero-order valence-corrected chi connectivity index (χ0v) is 13.1. The first-order chi connectivity index (χ1) is 8.74. The van der Waals surface area contributed by atoms with Crippen LogP contribution in [-0.2, 0) is 4.79 Å². The monoisotopic (exact) mass is 376 g/mol. The van der Waals surface area contributed by atoms with Crippen molar-refractivity contribution in [2.24, 2.45) is 0 Å². The molecule has 3 nitrogen and oxygen atoms in total. The van der Waals surface area contributed by atoms with Gasteiger partial charge in [0.2, 0.25) is 5.91 Å². The van der Waals surface area contributed by atoms with E-state index in [9.17, 15) is 4.79 Å². The minimum Gasteiger partial charge on any atom is -0.325 e. The van der Waals surface area contributed by atoms with Gasteiger partial charge in [-0.05, 0) is 72.8 Å². The number of thioether (sulfide) groups is 1. The van der Waals surface area contributed by atoms with Crippen LogP contribution in [0.1, 0.15) is 12.8 Å². The van der Waals surface area contributed by atoms with Crippen LogP contribution in [0.3, 0.4) is 0 Å². The van der Waals surface area contributed by atoms with E-state index in [-0.39, 0.29) is 5.91 Å². The van der Waals surface area contributed by atoms with Gasteiger partial charge >= 0.3 is 0 Å². The maximum atomic E-state index is 11.8. The van der Waals surface area contributed by atoms with Crippen molar-refractivity contribution in [2.75, 3.05) is 24.2 Å². The molecule has 0 bridgehead atoms. The van der Waals surface area contributed by atoms with Crippen molar-refractivity contribution in [1.29, 1.82) is 0 Å². The molecule has 1 aliphatic heterocycles. The summed E-state index contributed by atoms with van der Waals surface area (Å²) in [6.45, 7) is 2.16. The molecule has 0 unspecified atom stereocenters. The summed E-state index contributed by atoms with van der Waals surface area (Å²) in [6.07, 6.45) is 2.34. The zero-order chi connectivity index (χ0) is 12.8. The van der Waals surface area contributed by atoms with E-state index in [1.807, 2.05) is 24.3 Å². The molecule has 18 heavy (non-hydrogen) atoms. The van der Waals surface area contributed by atoms with Crippen molar-refractivity contribution in [3.63, 3.8) is 0 Å². The summed E-state index contributed by atoms with van der Waals surface area (Å²) in [5.41, 5.74) is 0.881. The Morgan fingerprint density at radius 2 is 2.00 bits per heavy atom. The van der Waals surface area contributed by atoms with Gasteiger partial charge in [-0.2, -0.15) is 0 Å². The Morgan fingerprint density at radius 1 is 1.33 bits per heavy atom. The predicted molar refractivity (Wildman–Crippen MR) is 86.1 cm³/mol. The highest BCUT2D eigenvalue weighted by Crippen LogP contribution is 2.20. The molecule has 1 fully saturated rings. The highest BCUT2D eigenvalue weighted by molar-refractivity contribution is 14.1. The summed E-state index contributed by atoms with van der Waals surface area (Å²) >= 11 is 4.03. The van der Waals surface area contributed by atoms with Gasteiger partial charge in [0.15, 0.2) is 0 Å². The third kappa shape index (κ3) is 4.78.